The maximum absolute atomic E-state index is 12.5. The Labute approximate surface area is 129 Å². The summed E-state index contributed by atoms with van der Waals surface area (Å²) in [6.45, 7) is 1.19. The van der Waals surface area contributed by atoms with Crippen molar-refractivity contribution in [2.24, 2.45) is 14.1 Å². The van der Waals surface area contributed by atoms with Crippen LogP contribution in [0, 0.1) is 0 Å². The number of benzene rings is 1. The predicted molar refractivity (Wildman–Crippen MR) is 80.7 cm³/mol. The van der Waals surface area contributed by atoms with E-state index in [1.54, 1.807) is 30.8 Å². The van der Waals surface area contributed by atoms with Crippen LogP contribution in [0.4, 0.5) is 0 Å². The van der Waals surface area contributed by atoms with Crippen molar-refractivity contribution in [1.29, 1.82) is 0 Å². The first-order chi connectivity index (χ1) is 10.0. The van der Waals surface area contributed by atoms with E-state index in [0.29, 0.717) is 28.8 Å². The van der Waals surface area contributed by atoms with Crippen LogP contribution in [0.2, 0.25) is 0 Å². The van der Waals surface area contributed by atoms with E-state index in [1.165, 1.54) is 4.57 Å². The topological polar surface area (TPSA) is 62.5 Å². The molecule has 1 unspecified atom stereocenters. The molecule has 1 aliphatic rings. The summed E-state index contributed by atoms with van der Waals surface area (Å²) in [4.78, 5) is 24.5. The number of hydrogen-bond acceptors (Lipinski definition) is 4. The maximum atomic E-state index is 12.5. The number of nitrogens with zero attached hydrogens (tertiary/aromatic N) is 2. The Morgan fingerprint density at radius 2 is 1.90 bits per heavy atom. The highest BCUT2D eigenvalue weighted by molar-refractivity contribution is 9.10. The van der Waals surface area contributed by atoms with Gasteiger partial charge in [0.05, 0.1) is 30.9 Å². The lowest BCUT2D eigenvalue weighted by Crippen LogP contribution is -2.35. The van der Waals surface area contributed by atoms with Crippen LogP contribution in [0.15, 0.2) is 21.4 Å². The van der Waals surface area contributed by atoms with Crippen molar-refractivity contribution in [3.05, 3.63) is 32.7 Å². The zero-order chi connectivity index (χ0) is 15.1. The molecule has 2 aromatic rings. The lowest BCUT2D eigenvalue weighted by atomic mass is 10.1. The zero-order valence-electron chi connectivity index (χ0n) is 11.8. The van der Waals surface area contributed by atoms with Gasteiger partial charge in [-0.1, -0.05) is 0 Å². The Hall–Kier alpha value is -1.44. The van der Waals surface area contributed by atoms with Crippen molar-refractivity contribution < 1.29 is 14.3 Å². The van der Waals surface area contributed by atoms with E-state index in [0.717, 1.165) is 5.52 Å². The molecular formula is C14H15BrN2O4. The number of aryl methyl sites for hydroxylation is 2. The number of halogens is 1. The van der Waals surface area contributed by atoms with Gasteiger partial charge in [-0.3, -0.25) is 13.9 Å². The van der Waals surface area contributed by atoms with Gasteiger partial charge in [-0.15, -0.1) is 0 Å². The minimum atomic E-state index is -0.590. The number of hydrogen-bond donors (Lipinski definition) is 0. The molecule has 0 spiro atoms. The molecule has 112 valence electrons. The molecular weight excluding hydrogens is 340 g/mol. The number of imidazole rings is 1. The van der Waals surface area contributed by atoms with Crippen LogP contribution in [-0.4, -0.2) is 40.8 Å². The Morgan fingerprint density at radius 1 is 1.24 bits per heavy atom. The highest BCUT2D eigenvalue weighted by Gasteiger charge is 2.26. The average Bonchev–Trinajstić information content (AvgIpc) is 2.71. The number of fused-ring (bicyclic) bond motifs is 1. The third-order valence-corrected chi connectivity index (χ3v) is 4.39. The summed E-state index contributed by atoms with van der Waals surface area (Å²) < 4.78 is 14.5. The van der Waals surface area contributed by atoms with Crippen molar-refractivity contribution in [2.75, 3.05) is 19.8 Å². The zero-order valence-corrected chi connectivity index (χ0v) is 13.3. The van der Waals surface area contributed by atoms with Crippen molar-refractivity contribution in [1.82, 2.24) is 9.13 Å². The highest BCUT2D eigenvalue weighted by atomic mass is 79.9. The van der Waals surface area contributed by atoms with Crippen LogP contribution in [0.1, 0.15) is 10.4 Å². The van der Waals surface area contributed by atoms with Crippen molar-refractivity contribution >= 4 is 32.7 Å². The minimum Gasteiger partial charge on any atom is -0.376 e. The number of rotatable bonds is 2. The molecule has 0 radical (unpaired) electrons. The largest absolute Gasteiger partial charge is 0.376 e. The van der Waals surface area contributed by atoms with Crippen LogP contribution in [0.3, 0.4) is 0 Å². The summed E-state index contributed by atoms with van der Waals surface area (Å²) in [5, 5.41) is 0. The number of Topliss-reactive ketones (excluding diaryl/α,β-unsaturated/α-hetero) is 1. The molecule has 1 aromatic heterocycles. The fourth-order valence-electron chi connectivity index (χ4n) is 2.52. The molecule has 0 N–H and O–H groups in total. The lowest BCUT2D eigenvalue weighted by Gasteiger charge is -2.22. The molecule has 1 saturated heterocycles. The fraction of sp³-hybridized carbons (Fsp3) is 0.429. The van der Waals surface area contributed by atoms with Gasteiger partial charge in [0, 0.05) is 24.1 Å². The van der Waals surface area contributed by atoms with Gasteiger partial charge in [0.1, 0.15) is 6.10 Å². The third-order valence-electron chi connectivity index (χ3n) is 3.73. The number of ketones is 1. The SMILES string of the molecule is Cn1c(=O)n(C)c2cc(C(=O)C3COCCO3)c(Br)cc21. The fourth-order valence-corrected chi connectivity index (χ4v) is 3.05. The molecule has 7 heteroatoms. The Kier molecular flexibility index (Phi) is 3.73. The molecule has 1 atom stereocenters. The van der Waals surface area contributed by atoms with Gasteiger partial charge in [0.25, 0.3) is 0 Å². The normalized spacial score (nSPS) is 19.1. The summed E-state index contributed by atoms with van der Waals surface area (Å²) in [6, 6.07) is 3.51. The van der Waals surface area contributed by atoms with E-state index in [2.05, 4.69) is 15.9 Å². The summed E-state index contributed by atoms with van der Waals surface area (Å²) in [6.07, 6.45) is -0.590. The van der Waals surface area contributed by atoms with Crippen LogP contribution in [0.5, 0.6) is 0 Å². The van der Waals surface area contributed by atoms with Gasteiger partial charge in [0.2, 0.25) is 0 Å². The van der Waals surface area contributed by atoms with Gasteiger partial charge in [0.15, 0.2) is 5.78 Å². The molecule has 3 rings (SSSR count). The summed E-state index contributed by atoms with van der Waals surface area (Å²) in [7, 11) is 3.39. The van der Waals surface area contributed by atoms with Crippen molar-refractivity contribution in [3.63, 3.8) is 0 Å². The number of ether oxygens (including phenoxy) is 2. The second kappa shape index (κ2) is 5.40. The van der Waals surface area contributed by atoms with E-state index in [1.807, 2.05) is 0 Å². The van der Waals surface area contributed by atoms with E-state index in [4.69, 9.17) is 9.47 Å². The molecule has 1 aromatic carbocycles. The standard InChI is InChI=1S/C14H15BrN2O4/c1-16-10-5-8(13(18)12-7-20-3-4-21-12)9(15)6-11(10)17(2)14(16)19/h5-6,12H,3-4,7H2,1-2H3. The Bertz CT molecular complexity index is 771. The number of carbonyl (C=O) groups is 1. The van der Waals surface area contributed by atoms with Gasteiger partial charge < -0.3 is 9.47 Å². The highest BCUT2D eigenvalue weighted by Crippen LogP contribution is 2.25. The van der Waals surface area contributed by atoms with Gasteiger partial charge in [-0.2, -0.15) is 0 Å². The lowest BCUT2D eigenvalue weighted by molar-refractivity contribution is -0.0719. The van der Waals surface area contributed by atoms with Crippen LogP contribution in [0.25, 0.3) is 11.0 Å². The molecule has 0 aliphatic carbocycles. The molecule has 0 saturated carbocycles. The van der Waals surface area contributed by atoms with Crippen molar-refractivity contribution in [3.8, 4) is 0 Å². The molecule has 2 heterocycles. The van der Waals surface area contributed by atoms with E-state index >= 15 is 0 Å². The average molecular weight is 355 g/mol. The minimum absolute atomic E-state index is 0.126. The quantitative estimate of drug-likeness (QED) is 0.761. The monoisotopic (exact) mass is 354 g/mol. The van der Waals surface area contributed by atoms with E-state index < -0.39 is 6.10 Å². The Morgan fingerprint density at radius 3 is 2.52 bits per heavy atom. The van der Waals surface area contributed by atoms with Gasteiger partial charge >= 0.3 is 5.69 Å². The van der Waals surface area contributed by atoms with E-state index in [-0.39, 0.29) is 18.1 Å². The first-order valence-electron chi connectivity index (χ1n) is 6.59. The van der Waals surface area contributed by atoms with Crippen LogP contribution < -0.4 is 5.69 Å². The summed E-state index contributed by atoms with van der Waals surface area (Å²) in [5.74, 6) is -0.139. The number of carbonyl (C=O) groups excluding carboxylic acids is 1. The second-order valence-corrected chi connectivity index (χ2v) is 5.87. The van der Waals surface area contributed by atoms with Crippen LogP contribution >= 0.6 is 15.9 Å². The molecule has 0 amide bonds. The summed E-state index contributed by atoms with van der Waals surface area (Å²) in [5.41, 5.74) is 1.86. The van der Waals surface area contributed by atoms with Gasteiger partial charge in [-0.05, 0) is 28.1 Å². The molecule has 21 heavy (non-hydrogen) atoms. The maximum Gasteiger partial charge on any atom is 0.328 e. The molecule has 6 nitrogen and oxygen atoms in total. The third kappa shape index (κ3) is 2.35. The second-order valence-electron chi connectivity index (χ2n) is 5.02. The Balaban J connectivity index is 2.10. The molecule has 1 fully saturated rings. The number of aromatic nitrogens is 2. The van der Waals surface area contributed by atoms with Crippen LogP contribution in [-0.2, 0) is 23.6 Å². The predicted octanol–water partition coefficient (Wildman–Crippen LogP) is 1.24. The molecule has 1 aliphatic heterocycles. The van der Waals surface area contributed by atoms with Crippen molar-refractivity contribution in [2.45, 2.75) is 6.10 Å². The first-order valence-corrected chi connectivity index (χ1v) is 7.38. The first kappa shape index (κ1) is 14.5. The van der Waals surface area contributed by atoms with Gasteiger partial charge in [-0.25, -0.2) is 4.79 Å². The van der Waals surface area contributed by atoms with E-state index in [9.17, 15) is 9.59 Å². The molecule has 0 bridgehead atoms. The smallest absolute Gasteiger partial charge is 0.328 e. The summed E-state index contributed by atoms with van der Waals surface area (Å²) >= 11 is 3.41.